The number of carbonyl (C=O) groups excluding carboxylic acids is 1. The first-order valence-corrected chi connectivity index (χ1v) is 9.30. The third-order valence-corrected chi connectivity index (χ3v) is 4.65. The number of hydrogen-bond acceptors (Lipinski definition) is 3. The molecule has 0 fully saturated rings. The first kappa shape index (κ1) is 18.4. The van der Waals surface area contributed by atoms with Crippen LogP contribution in [0.25, 0.3) is 22.3 Å². The number of nitrogens with one attached hydrogen (secondary N) is 1. The Hall–Kier alpha value is -3.92. The summed E-state index contributed by atoms with van der Waals surface area (Å²) < 4.78 is 5.04. The zero-order valence-electron chi connectivity index (χ0n) is 16.0. The Morgan fingerprint density at radius 1 is 0.759 bits per heavy atom. The monoisotopic (exact) mass is 380 g/mol. The molecule has 0 unspecified atom stereocenters. The molecule has 0 bridgehead atoms. The molecule has 1 amide bonds. The topological polar surface area (TPSA) is 51.2 Å². The molecule has 0 atom stereocenters. The maximum Gasteiger partial charge on any atom is 0.255 e. The Morgan fingerprint density at radius 3 is 2.07 bits per heavy atom. The predicted molar refractivity (Wildman–Crippen MR) is 116 cm³/mol. The number of anilines is 1. The van der Waals surface area contributed by atoms with Crippen molar-refractivity contribution >= 4 is 11.6 Å². The van der Waals surface area contributed by atoms with E-state index in [1.165, 1.54) is 5.56 Å². The number of aromatic nitrogens is 1. The van der Waals surface area contributed by atoms with Gasteiger partial charge in [-0.1, -0.05) is 66.7 Å². The van der Waals surface area contributed by atoms with Crippen LogP contribution in [-0.4, -0.2) is 18.0 Å². The van der Waals surface area contributed by atoms with Gasteiger partial charge in [0.2, 0.25) is 5.88 Å². The van der Waals surface area contributed by atoms with Gasteiger partial charge in [0, 0.05) is 11.6 Å². The Balaban J connectivity index is 1.52. The van der Waals surface area contributed by atoms with Gasteiger partial charge in [-0.2, -0.15) is 0 Å². The lowest BCUT2D eigenvalue weighted by Gasteiger charge is -2.08. The number of benzene rings is 3. The number of pyridine rings is 1. The van der Waals surface area contributed by atoms with Crippen molar-refractivity contribution < 1.29 is 9.53 Å². The van der Waals surface area contributed by atoms with Crippen molar-refractivity contribution in [2.45, 2.75) is 0 Å². The van der Waals surface area contributed by atoms with Crippen molar-refractivity contribution in [1.82, 2.24) is 4.98 Å². The average Bonchev–Trinajstić information content (AvgIpc) is 2.80. The third kappa shape index (κ3) is 4.33. The van der Waals surface area contributed by atoms with Crippen LogP contribution in [0.3, 0.4) is 0 Å². The molecule has 4 aromatic rings. The van der Waals surface area contributed by atoms with Crippen LogP contribution in [0.4, 0.5) is 5.69 Å². The van der Waals surface area contributed by atoms with Crippen LogP contribution in [-0.2, 0) is 0 Å². The maximum absolute atomic E-state index is 12.6. The van der Waals surface area contributed by atoms with Gasteiger partial charge in [0.05, 0.1) is 19.0 Å². The van der Waals surface area contributed by atoms with E-state index in [2.05, 4.69) is 46.7 Å². The summed E-state index contributed by atoms with van der Waals surface area (Å²) in [4.78, 5) is 16.7. The molecule has 0 aliphatic heterocycles. The maximum atomic E-state index is 12.6. The fraction of sp³-hybridized carbons (Fsp3) is 0.0400. The molecule has 4 nitrogen and oxygen atoms in total. The van der Waals surface area contributed by atoms with Gasteiger partial charge in [0.25, 0.3) is 5.91 Å². The predicted octanol–water partition coefficient (Wildman–Crippen LogP) is 5.68. The quantitative estimate of drug-likeness (QED) is 0.485. The number of hydrogen-bond donors (Lipinski definition) is 1. The molecule has 1 N–H and O–H groups in total. The minimum absolute atomic E-state index is 0.181. The molecule has 0 radical (unpaired) electrons. The normalized spacial score (nSPS) is 10.4. The zero-order chi connectivity index (χ0) is 20.1. The second-order valence-electron chi connectivity index (χ2n) is 6.57. The van der Waals surface area contributed by atoms with E-state index < -0.39 is 0 Å². The molecule has 0 saturated carbocycles. The molecule has 4 rings (SSSR count). The van der Waals surface area contributed by atoms with Gasteiger partial charge in [0.15, 0.2) is 0 Å². The Kier molecular flexibility index (Phi) is 5.34. The highest BCUT2D eigenvalue weighted by atomic mass is 16.5. The summed E-state index contributed by atoms with van der Waals surface area (Å²) in [5, 5.41) is 2.86. The van der Waals surface area contributed by atoms with Crippen LogP contribution in [0.1, 0.15) is 10.4 Å². The fourth-order valence-electron chi connectivity index (χ4n) is 3.10. The van der Waals surface area contributed by atoms with Crippen molar-refractivity contribution in [3.05, 3.63) is 103 Å². The summed E-state index contributed by atoms with van der Waals surface area (Å²) in [6, 6.07) is 29.7. The summed E-state index contributed by atoms with van der Waals surface area (Å²) in [6.45, 7) is 0. The van der Waals surface area contributed by atoms with Crippen molar-refractivity contribution in [2.75, 3.05) is 12.4 Å². The summed E-state index contributed by atoms with van der Waals surface area (Å²) in [7, 11) is 1.55. The molecule has 0 aliphatic carbocycles. The fourth-order valence-corrected chi connectivity index (χ4v) is 3.10. The van der Waals surface area contributed by atoms with Gasteiger partial charge in [0.1, 0.15) is 0 Å². The molecule has 29 heavy (non-hydrogen) atoms. The van der Waals surface area contributed by atoms with Crippen LogP contribution < -0.4 is 10.1 Å². The summed E-state index contributed by atoms with van der Waals surface area (Å²) in [6.07, 6.45) is 1.57. The minimum atomic E-state index is -0.181. The van der Waals surface area contributed by atoms with Crippen molar-refractivity contribution in [1.29, 1.82) is 0 Å². The Bertz CT molecular complexity index is 1110. The molecule has 0 saturated heterocycles. The smallest absolute Gasteiger partial charge is 0.255 e. The minimum Gasteiger partial charge on any atom is -0.481 e. The number of rotatable bonds is 5. The molecule has 1 heterocycles. The van der Waals surface area contributed by atoms with Crippen molar-refractivity contribution in [3.63, 3.8) is 0 Å². The number of carbonyl (C=O) groups is 1. The zero-order valence-corrected chi connectivity index (χ0v) is 16.0. The first-order chi connectivity index (χ1) is 14.2. The van der Waals surface area contributed by atoms with Crippen molar-refractivity contribution in [2.24, 2.45) is 0 Å². The lowest BCUT2D eigenvalue weighted by molar-refractivity contribution is 0.102. The molecular weight excluding hydrogens is 360 g/mol. The first-order valence-electron chi connectivity index (χ1n) is 9.30. The highest BCUT2D eigenvalue weighted by molar-refractivity contribution is 6.04. The van der Waals surface area contributed by atoms with Crippen molar-refractivity contribution in [3.8, 4) is 28.1 Å². The van der Waals surface area contributed by atoms with E-state index in [4.69, 9.17) is 4.74 Å². The van der Waals surface area contributed by atoms with Gasteiger partial charge in [-0.3, -0.25) is 4.79 Å². The van der Waals surface area contributed by atoms with Gasteiger partial charge in [-0.25, -0.2) is 4.98 Å². The second kappa shape index (κ2) is 8.40. The molecule has 1 aromatic heterocycles. The number of nitrogens with zero attached hydrogens (tertiary/aromatic N) is 1. The average molecular weight is 380 g/mol. The number of methoxy groups -OCH3 is 1. The highest BCUT2D eigenvalue weighted by Crippen LogP contribution is 2.25. The summed E-state index contributed by atoms with van der Waals surface area (Å²) in [5.41, 5.74) is 5.60. The van der Waals surface area contributed by atoms with E-state index in [1.807, 2.05) is 36.4 Å². The van der Waals surface area contributed by atoms with Crippen LogP contribution >= 0.6 is 0 Å². The molecule has 4 heteroatoms. The van der Waals surface area contributed by atoms with E-state index in [0.717, 1.165) is 16.7 Å². The van der Waals surface area contributed by atoms with E-state index >= 15 is 0 Å². The van der Waals surface area contributed by atoms with Gasteiger partial charge >= 0.3 is 0 Å². The standard InChI is InChI=1S/C25H20N2O2/c1-29-24-15-14-23(17-26-24)27-25(28)22-9-5-8-21(16-22)20-12-10-19(11-13-20)18-6-3-2-4-7-18/h2-17H,1H3,(H,27,28). The Labute approximate surface area is 169 Å². The largest absolute Gasteiger partial charge is 0.481 e. The third-order valence-electron chi connectivity index (χ3n) is 4.65. The van der Waals surface area contributed by atoms with Crippen LogP contribution in [0.5, 0.6) is 5.88 Å². The lowest BCUT2D eigenvalue weighted by atomic mass is 9.99. The molecule has 142 valence electrons. The second-order valence-corrected chi connectivity index (χ2v) is 6.57. The van der Waals surface area contributed by atoms with E-state index in [1.54, 1.807) is 31.5 Å². The van der Waals surface area contributed by atoms with E-state index in [9.17, 15) is 4.79 Å². The summed E-state index contributed by atoms with van der Waals surface area (Å²) in [5.74, 6) is 0.323. The van der Waals surface area contributed by atoms with Gasteiger partial charge in [-0.05, 0) is 40.5 Å². The molecule has 0 spiro atoms. The van der Waals surface area contributed by atoms with Gasteiger partial charge in [-0.15, -0.1) is 0 Å². The van der Waals surface area contributed by atoms with Crippen LogP contribution in [0.2, 0.25) is 0 Å². The van der Waals surface area contributed by atoms with Crippen LogP contribution in [0, 0.1) is 0 Å². The highest BCUT2D eigenvalue weighted by Gasteiger charge is 2.08. The molecular formula is C25H20N2O2. The number of ether oxygens (including phenoxy) is 1. The van der Waals surface area contributed by atoms with E-state index in [0.29, 0.717) is 17.1 Å². The lowest BCUT2D eigenvalue weighted by Crippen LogP contribution is -2.12. The van der Waals surface area contributed by atoms with Gasteiger partial charge < -0.3 is 10.1 Å². The molecule has 3 aromatic carbocycles. The Morgan fingerprint density at radius 2 is 1.41 bits per heavy atom. The summed E-state index contributed by atoms with van der Waals surface area (Å²) >= 11 is 0. The number of amides is 1. The SMILES string of the molecule is COc1ccc(NC(=O)c2cccc(-c3ccc(-c4ccccc4)cc3)c2)cn1. The van der Waals surface area contributed by atoms with E-state index in [-0.39, 0.29) is 5.91 Å². The van der Waals surface area contributed by atoms with Crippen LogP contribution in [0.15, 0.2) is 97.2 Å². The molecule has 0 aliphatic rings.